The molecule has 2 aromatic rings. The number of hydrogen-bond donors (Lipinski definition) is 1. The third-order valence-corrected chi connectivity index (χ3v) is 4.94. The molecule has 1 aromatic heterocycles. The number of aryl methyl sites for hydroxylation is 3. The first-order valence-electron chi connectivity index (χ1n) is 9.50. The topological polar surface area (TPSA) is 77.4 Å². The molecule has 1 fully saturated rings. The van der Waals surface area contributed by atoms with Crippen LogP contribution in [0.15, 0.2) is 24.3 Å². The molecule has 148 valence electrons. The summed E-state index contributed by atoms with van der Waals surface area (Å²) in [5.41, 5.74) is 5.01. The van der Waals surface area contributed by atoms with Gasteiger partial charge in [0.25, 0.3) is 5.91 Å². The fraction of sp³-hybridized carbons (Fsp3) is 0.409. The van der Waals surface area contributed by atoms with Crippen LogP contribution < -0.4 is 5.32 Å². The Bertz CT molecular complexity index is 918. The van der Waals surface area contributed by atoms with Crippen molar-refractivity contribution in [2.45, 2.75) is 46.6 Å². The SMILES string of the molecule is Cc1cc(C)cc(C(=O)NCC(=O)OCC(=O)c2cc(C)n(C3CC3)c2C)c1. The molecule has 28 heavy (non-hydrogen) atoms. The van der Waals surface area contributed by atoms with Crippen LogP contribution in [0.3, 0.4) is 0 Å². The first kappa shape index (κ1) is 19.9. The molecule has 0 saturated heterocycles. The molecular weight excluding hydrogens is 356 g/mol. The number of amides is 1. The van der Waals surface area contributed by atoms with Crippen LogP contribution in [0.2, 0.25) is 0 Å². The minimum absolute atomic E-state index is 0.228. The van der Waals surface area contributed by atoms with Gasteiger partial charge >= 0.3 is 5.97 Å². The molecule has 0 unspecified atom stereocenters. The zero-order valence-electron chi connectivity index (χ0n) is 16.8. The summed E-state index contributed by atoms with van der Waals surface area (Å²) >= 11 is 0. The fourth-order valence-electron chi connectivity index (χ4n) is 3.59. The smallest absolute Gasteiger partial charge is 0.325 e. The molecule has 6 nitrogen and oxygen atoms in total. The lowest BCUT2D eigenvalue weighted by Crippen LogP contribution is -2.31. The van der Waals surface area contributed by atoms with Crippen molar-refractivity contribution >= 4 is 17.7 Å². The predicted octanol–water partition coefficient (Wildman–Crippen LogP) is 3.21. The standard InChI is InChI=1S/C22H26N2O4/c1-13-7-14(2)9-17(8-13)22(27)23-11-21(26)28-12-20(25)19-10-15(3)24(16(19)4)18-5-6-18/h7-10,18H,5-6,11-12H2,1-4H3,(H,23,27). The van der Waals surface area contributed by atoms with Crippen molar-refractivity contribution < 1.29 is 19.1 Å². The summed E-state index contributed by atoms with van der Waals surface area (Å²) < 4.78 is 7.24. The van der Waals surface area contributed by atoms with E-state index in [0.717, 1.165) is 35.4 Å². The number of nitrogens with zero attached hydrogens (tertiary/aromatic N) is 1. The Balaban J connectivity index is 1.51. The van der Waals surface area contributed by atoms with Gasteiger partial charge in [0.1, 0.15) is 6.54 Å². The molecule has 1 aliphatic carbocycles. The van der Waals surface area contributed by atoms with Crippen LogP contribution in [0.25, 0.3) is 0 Å². The second-order valence-corrected chi connectivity index (χ2v) is 7.53. The van der Waals surface area contributed by atoms with Gasteiger partial charge in [0, 0.05) is 28.6 Å². The molecule has 1 heterocycles. The molecule has 1 saturated carbocycles. The highest BCUT2D eigenvalue weighted by Gasteiger charge is 2.28. The van der Waals surface area contributed by atoms with Crippen LogP contribution in [-0.4, -0.2) is 35.4 Å². The van der Waals surface area contributed by atoms with Crippen molar-refractivity contribution in [3.05, 3.63) is 57.9 Å². The molecule has 3 rings (SSSR count). The molecule has 1 N–H and O–H groups in total. The molecule has 1 amide bonds. The number of ether oxygens (including phenoxy) is 1. The van der Waals surface area contributed by atoms with Crippen LogP contribution in [0.4, 0.5) is 0 Å². The Morgan fingerprint density at radius 3 is 2.29 bits per heavy atom. The highest BCUT2D eigenvalue weighted by molar-refractivity contribution is 6.00. The molecule has 0 atom stereocenters. The quantitative estimate of drug-likeness (QED) is 0.589. The Kier molecular flexibility index (Phi) is 5.68. The molecular formula is C22H26N2O4. The number of rotatable bonds is 7. The number of esters is 1. The number of carbonyl (C=O) groups excluding carboxylic acids is 3. The van der Waals surface area contributed by atoms with Crippen molar-refractivity contribution in [1.82, 2.24) is 9.88 Å². The van der Waals surface area contributed by atoms with Crippen LogP contribution in [0.1, 0.15) is 62.1 Å². The minimum Gasteiger partial charge on any atom is -0.456 e. The summed E-state index contributed by atoms with van der Waals surface area (Å²) in [4.78, 5) is 36.5. The third-order valence-electron chi connectivity index (χ3n) is 4.94. The second kappa shape index (κ2) is 8.00. The minimum atomic E-state index is -0.637. The first-order chi connectivity index (χ1) is 13.3. The third kappa shape index (κ3) is 4.50. The van der Waals surface area contributed by atoms with Gasteiger partial charge in [0.05, 0.1) is 0 Å². The lowest BCUT2D eigenvalue weighted by Gasteiger charge is -2.09. The van der Waals surface area contributed by atoms with E-state index in [9.17, 15) is 14.4 Å². The predicted molar refractivity (Wildman–Crippen MR) is 106 cm³/mol. The zero-order chi connectivity index (χ0) is 20.4. The normalized spacial score (nSPS) is 13.3. The van der Waals surface area contributed by atoms with Gasteiger partial charge in [-0.15, -0.1) is 0 Å². The van der Waals surface area contributed by atoms with E-state index in [-0.39, 0.29) is 24.8 Å². The Labute approximate surface area is 164 Å². The van der Waals surface area contributed by atoms with Gasteiger partial charge in [-0.3, -0.25) is 14.4 Å². The summed E-state index contributed by atoms with van der Waals surface area (Å²) in [5, 5.41) is 2.54. The van der Waals surface area contributed by atoms with Gasteiger partial charge < -0.3 is 14.6 Å². The van der Waals surface area contributed by atoms with Gasteiger partial charge in [-0.05, 0) is 58.7 Å². The summed E-state index contributed by atoms with van der Waals surface area (Å²) in [5.74, 6) is -1.21. The number of ketones is 1. The van der Waals surface area contributed by atoms with E-state index in [1.54, 1.807) is 12.1 Å². The molecule has 1 aromatic carbocycles. The van der Waals surface area contributed by atoms with E-state index < -0.39 is 5.97 Å². The Morgan fingerprint density at radius 2 is 1.68 bits per heavy atom. The summed E-state index contributed by atoms with van der Waals surface area (Å²) in [6.45, 7) is 7.11. The highest BCUT2D eigenvalue weighted by atomic mass is 16.5. The monoisotopic (exact) mass is 382 g/mol. The highest BCUT2D eigenvalue weighted by Crippen LogP contribution is 2.38. The van der Waals surface area contributed by atoms with E-state index in [1.807, 2.05) is 39.8 Å². The van der Waals surface area contributed by atoms with E-state index in [2.05, 4.69) is 9.88 Å². The molecule has 0 aliphatic heterocycles. The number of carbonyl (C=O) groups is 3. The molecule has 0 spiro atoms. The van der Waals surface area contributed by atoms with E-state index in [0.29, 0.717) is 17.2 Å². The summed E-state index contributed by atoms with van der Waals surface area (Å²) in [7, 11) is 0. The molecule has 0 radical (unpaired) electrons. The van der Waals surface area contributed by atoms with Crippen molar-refractivity contribution in [2.24, 2.45) is 0 Å². The number of Topliss-reactive ketones (excluding diaryl/α,β-unsaturated/α-hetero) is 1. The summed E-state index contributed by atoms with van der Waals surface area (Å²) in [6, 6.07) is 7.83. The number of benzene rings is 1. The van der Waals surface area contributed by atoms with Gasteiger partial charge in [-0.25, -0.2) is 0 Å². The Morgan fingerprint density at radius 1 is 1.04 bits per heavy atom. The first-order valence-corrected chi connectivity index (χ1v) is 9.50. The largest absolute Gasteiger partial charge is 0.456 e. The van der Waals surface area contributed by atoms with Gasteiger partial charge in [-0.2, -0.15) is 0 Å². The van der Waals surface area contributed by atoms with Crippen LogP contribution in [0.5, 0.6) is 0 Å². The lowest BCUT2D eigenvalue weighted by molar-refractivity contribution is -0.141. The molecule has 0 bridgehead atoms. The van der Waals surface area contributed by atoms with Crippen LogP contribution in [-0.2, 0) is 9.53 Å². The van der Waals surface area contributed by atoms with Crippen molar-refractivity contribution in [2.75, 3.05) is 13.2 Å². The van der Waals surface area contributed by atoms with Gasteiger partial charge in [-0.1, -0.05) is 17.2 Å². The number of hydrogen-bond acceptors (Lipinski definition) is 4. The average Bonchev–Trinajstić information content (AvgIpc) is 3.41. The maximum atomic E-state index is 12.4. The van der Waals surface area contributed by atoms with Crippen molar-refractivity contribution in [3.8, 4) is 0 Å². The van der Waals surface area contributed by atoms with Gasteiger partial charge in [0.2, 0.25) is 5.78 Å². The number of aromatic nitrogens is 1. The van der Waals surface area contributed by atoms with E-state index in [4.69, 9.17) is 4.74 Å². The van der Waals surface area contributed by atoms with Crippen LogP contribution >= 0.6 is 0 Å². The van der Waals surface area contributed by atoms with E-state index in [1.165, 1.54) is 0 Å². The number of nitrogens with one attached hydrogen (secondary N) is 1. The second-order valence-electron chi connectivity index (χ2n) is 7.53. The molecule has 6 heteroatoms. The Hall–Kier alpha value is -2.89. The zero-order valence-corrected chi connectivity index (χ0v) is 16.8. The van der Waals surface area contributed by atoms with E-state index >= 15 is 0 Å². The maximum Gasteiger partial charge on any atom is 0.325 e. The fourth-order valence-corrected chi connectivity index (χ4v) is 3.59. The van der Waals surface area contributed by atoms with Crippen molar-refractivity contribution in [3.63, 3.8) is 0 Å². The van der Waals surface area contributed by atoms with Crippen LogP contribution in [0, 0.1) is 27.7 Å². The summed E-state index contributed by atoms with van der Waals surface area (Å²) in [6.07, 6.45) is 2.28. The van der Waals surface area contributed by atoms with Gasteiger partial charge in [0.15, 0.2) is 6.61 Å². The maximum absolute atomic E-state index is 12.4. The molecule has 1 aliphatic rings. The van der Waals surface area contributed by atoms with Crippen molar-refractivity contribution in [1.29, 1.82) is 0 Å². The lowest BCUT2D eigenvalue weighted by atomic mass is 10.1. The average molecular weight is 382 g/mol.